The molecule has 2 N–H and O–H groups in total. The van der Waals surface area contributed by atoms with Gasteiger partial charge in [-0.05, 0) is 43.4 Å². The third-order valence-corrected chi connectivity index (χ3v) is 4.36. The Kier molecular flexibility index (Phi) is 3.64. The molecule has 18 heavy (non-hydrogen) atoms. The Morgan fingerprint density at radius 2 is 2.17 bits per heavy atom. The first kappa shape index (κ1) is 13.4. The van der Waals surface area contributed by atoms with E-state index in [4.69, 9.17) is 5.73 Å². The van der Waals surface area contributed by atoms with Crippen LogP contribution in [-0.2, 0) is 22.9 Å². The van der Waals surface area contributed by atoms with E-state index in [-0.39, 0.29) is 6.04 Å². The maximum absolute atomic E-state index is 11.7. The van der Waals surface area contributed by atoms with Crippen LogP contribution in [0.2, 0.25) is 0 Å². The van der Waals surface area contributed by atoms with Crippen molar-refractivity contribution in [2.75, 3.05) is 17.1 Å². The van der Waals surface area contributed by atoms with Gasteiger partial charge >= 0.3 is 0 Å². The fourth-order valence-electron chi connectivity index (χ4n) is 2.46. The summed E-state index contributed by atoms with van der Waals surface area (Å²) in [4.78, 5) is 0. The van der Waals surface area contributed by atoms with Crippen LogP contribution in [0.25, 0.3) is 0 Å². The third-order valence-electron chi connectivity index (χ3n) is 3.18. The van der Waals surface area contributed by atoms with E-state index >= 15 is 0 Å². The van der Waals surface area contributed by atoms with Crippen LogP contribution < -0.4 is 10.0 Å². The molecule has 4 nitrogen and oxygen atoms in total. The summed E-state index contributed by atoms with van der Waals surface area (Å²) in [6, 6.07) is 6.10. The molecule has 1 heterocycles. The molecular weight excluding hydrogens is 248 g/mol. The maximum Gasteiger partial charge on any atom is 0.232 e. The molecule has 2 rings (SSSR count). The molecular formula is C13H20N2O2S. The van der Waals surface area contributed by atoms with E-state index in [1.54, 1.807) is 0 Å². The molecule has 0 saturated carbocycles. The van der Waals surface area contributed by atoms with Crippen molar-refractivity contribution in [1.29, 1.82) is 0 Å². The predicted molar refractivity (Wildman–Crippen MR) is 74.3 cm³/mol. The molecule has 1 aliphatic heterocycles. The molecule has 1 aromatic rings. The van der Waals surface area contributed by atoms with E-state index < -0.39 is 10.0 Å². The first-order chi connectivity index (χ1) is 8.38. The summed E-state index contributed by atoms with van der Waals surface area (Å²) < 4.78 is 24.9. The Bertz CT molecular complexity index is 538. The van der Waals surface area contributed by atoms with Gasteiger partial charge in [0.1, 0.15) is 0 Å². The predicted octanol–water partition coefficient (Wildman–Crippen LogP) is 1.29. The average Bonchev–Trinajstić information content (AvgIpc) is 2.25. The van der Waals surface area contributed by atoms with Gasteiger partial charge in [-0.3, -0.25) is 4.31 Å². The van der Waals surface area contributed by atoms with E-state index in [9.17, 15) is 8.42 Å². The number of fused-ring (bicyclic) bond motifs is 1. The van der Waals surface area contributed by atoms with Crippen molar-refractivity contribution in [3.63, 3.8) is 0 Å². The van der Waals surface area contributed by atoms with Crippen LogP contribution in [0.1, 0.15) is 24.5 Å². The molecule has 1 atom stereocenters. The van der Waals surface area contributed by atoms with Crippen LogP contribution in [0.4, 0.5) is 5.69 Å². The van der Waals surface area contributed by atoms with Gasteiger partial charge in [0.15, 0.2) is 0 Å². The highest BCUT2D eigenvalue weighted by molar-refractivity contribution is 7.92. The third kappa shape index (κ3) is 2.84. The van der Waals surface area contributed by atoms with Gasteiger partial charge in [0.2, 0.25) is 10.0 Å². The second-order valence-electron chi connectivity index (χ2n) is 5.08. The molecule has 0 spiro atoms. The highest BCUT2D eigenvalue weighted by Gasteiger charge is 2.23. The lowest BCUT2D eigenvalue weighted by molar-refractivity contribution is 0.592. The largest absolute Gasteiger partial charge is 0.328 e. The van der Waals surface area contributed by atoms with Crippen molar-refractivity contribution in [2.45, 2.75) is 32.2 Å². The van der Waals surface area contributed by atoms with Gasteiger partial charge in [0, 0.05) is 12.6 Å². The molecule has 0 fully saturated rings. The molecule has 0 bridgehead atoms. The summed E-state index contributed by atoms with van der Waals surface area (Å²) >= 11 is 0. The molecule has 1 unspecified atom stereocenters. The van der Waals surface area contributed by atoms with Gasteiger partial charge in [-0.15, -0.1) is 0 Å². The number of rotatable bonds is 3. The maximum atomic E-state index is 11.7. The van der Waals surface area contributed by atoms with Gasteiger partial charge in [-0.1, -0.05) is 12.1 Å². The second kappa shape index (κ2) is 4.90. The van der Waals surface area contributed by atoms with Gasteiger partial charge in [0.05, 0.1) is 11.9 Å². The Labute approximate surface area is 109 Å². The van der Waals surface area contributed by atoms with Gasteiger partial charge in [0.25, 0.3) is 0 Å². The number of nitrogens with two attached hydrogens (primary N) is 1. The van der Waals surface area contributed by atoms with E-state index in [1.807, 2.05) is 19.1 Å². The van der Waals surface area contributed by atoms with Crippen LogP contribution in [0.5, 0.6) is 0 Å². The Hall–Kier alpha value is -1.07. The van der Waals surface area contributed by atoms with Crippen LogP contribution in [0.3, 0.4) is 0 Å². The number of hydrogen-bond acceptors (Lipinski definition) is 3. The Morgan fingerprint density at radius 3 is 2.78 bits per heavy atom. The standard InChI is InChI=1S/C13H20N2O2S/c1-10(14)8-11-5-6-13-12(9-11)4-3-7-15(13)18(2,16)17/h5-6,9-10H,3-4,7-8,14H2,1-2H3. The Balaban J connectivity index is 2.37. The molecule has 0 aliphatic carbocycles. The zero-order chi connectivity index (χ0) is 13.3. The first-order valence-corrected chi connectivity index (χ1v) is 8.08. The highest BCUT2D eigenvalue weighted by Crippen LogP contribution is 2.30. The van der Waals surface area contributed by atoms with E-state index in [0.717, 1.165) is 30.5 Å². The van der Waals surface area contributed by atoms with E-state index in [1.165, 1.54) is 16.1 Å². The van der Waals surface area contributed by atoms with Crippen molar-refractivity contribution in [3.8, 4) is 0 Å². The lowest BCUT2D eigenvalue weighted by atomic mass is 9.98. The molecule has 100 valence electrons. The minimum atomic E-state index is -3.17. The van der Waals surface area contributed by atoms with Crippen molar-refractivity contribution >= 4 is 15.7 Å². The zero-order valence-electron chi connectivity index (χ0n) is 10.9. The minimum absolute atomic E-state index is 0.123. The monoisotopic (exact) mass is 268 g/mol. The van der Waals surface area contributed by atoms with Crippen LogP contribution >= 0.6 is 0 Å². The van der Waals surface area contributed by atoms with Gasteiger partial charge < -0.3 is 5.73 Å². The zero-order valence-corrected chi connectivity index (χ0v) is 11.7. The molecule has 0 saturated heterocycles. The number of anilines is 1. The molecule has 1 aromatic carbocycles. The summed E-state index contributed by atoms with van der Waals surface area (Å²) in [5.41, 5.74) is 8.92. The number of benzene rings is 1. The van der Waals surface area contributed by atoms with Gasteiger partial charge in [-0.2, -0.15) is 0 Å². The van der Waals surface area contributed by atoms with Crippen molar-refractivity contribution in [1.82, 2.24) is 0 Å². The first-order valence-electron chi connectivity index (χ1n) is 6.23. The molecule has 5 heteroatoms. The van der Waals surface area contributed by atoms with E-state index in [0.29, 0.717) is 6.54 Å². The fraction of sp³-hybridized carbons (Fsp3) is 0.538. The summed E-state index contributed by atoms with van der Waals surface area (Å²) in [6.07, 6.45) is 3.90. The average molecular weight is 268 g/mol. The number of hydrogen-bond donors (Lipinski definition) is 1. The topological polar surface area (TPSA) is 63.4 Å². The van der Waals surface area contributed by atoms with Crippen LogP contribution in [0, 0.1) is 0 Å². The SMILES string of the molecule is CC(N)Cc1ccc2c(c1)CCCN2S(C)(=O)=O. The molecule has 0 radical (unpaired) electrons. The summed E-state index contributed by atoms with van der Waals surface area (Å²) in [5, 5.41) is 0. The second-order valence-corrected chi connectivity index (χ2v) is 6.99. The molecule has 1 aliphatic rings. The molecule has 0 amide bonds. The molecule has 0 aromatic heterocycles. The number of nitrogens with zero attached hydrogens (tertiary/aromatic N) is 1. The van der Waals surface area contributed by atoms with Crippen LogP contribution in [0.15, 0.2) is 18.2 Å². The smallest absolute Gasteiger partial charge is 0.232 e. The fourth-order valence-corrected chi connectivity index (χ4v) is 3.46. The number of sulfonamides is 1. The van der Waals surface area contributed by atoms with Crippen molar-refractivity contribution < 1.29 is 8.42 Å². The number of aryl methyl sites for hydroxylation is 1. The van der Waals surface area contributed by atoms with E-state index in [2.05, 4.69) is 6.07 Å². The minimum Gasteiger partial charge on any atom is -0.328 e. The lowest BCUT2D eigenvalue weighted by Gasteiger charge is -2.29. The van der Waals surface area contributed by atoms with Crippen LogP contribution in [-0.4, -0.2) is 27.3 Å². The van der Waals surface area contributed by atoms with Crippen molar-refractivity contribution in [3.05, 3.63) is 29.3 Å². The van der Waals surface area contributed by atoms with Gasteiger partial charge in [-0.25, -0.2) is 8.42 Å². The van der Waals surface area contributed by atoms with Crippen molar-refractivity contribution in [2.24, 2.45) is 5.73 Å². The summed E-state index contributed by atoms with van der Waals surface area (Å²) in [5.74, 6) is 0. The quantitative estimate of drug-likeness (QED) is 0.898. The normalized spacial score (nSPS) is 17.4. The Morgan fingerprint density at radius 1 is 1.44 bits per heavy atom. The lowest BCUT2D eigenvalue weighted by Crippen LogP contribution is -2.34. The summed E-state index contributed by atoms with van der Waals surface area (Å²) in [7, 11) is -3.17. The highest BCUT2D eigenvalue weighted by atomic mass is 32.2. The summed E-state index contributed by atoms with van der Waals surface area (Å²) in [6.45, 7) is 2.56.